The van der Waals surface area contributed by atoms with Gasteiger partial charge in [-0.05, 0) is 37.2 Å². The van der Waals surface area contributed by atoms with Crippen LogP contribution in [-0.2, 0) is 11.8 Å². The number of hydrogen-bond acceptors (Lipinski definition) is 3. The van der Waals surface area contributed by atoms with E-state index < -0.39 is 0 Å². The maximum atomic E-state index is 12.1. The first-order valence-corrected chi connectivity index (χ1v) is 5.92. The zero-order valence-corrected chi connectivity index (χ0v) is 10.2. The molecule has 1 saturated heterocycles. The Bertz CT molecular complexity index is 529. The number of nitrogens with one attached hydrogen (secondary N) is 1. The van der Waals surface area contributed by atoms with Gasteiger partial charge in [0.25, 0.3) is 5.91 Å². The molecule has 0 bridgehead atoms. The fourth-order valence-electron chi connectivity index (χ4n) is 1.89. The van der Waals surface area contributed by atoms with E-state index in [4.69, 9.17) is 12.2 Å². The Kier molecular flexibility index (Phi) is 2.25. The third-order valence-electron chi connectivity index (χ3n) is 2.97. The Hall–Kier alpha value is -1.69. The van der Waals surface area contributed by atoms with Crippen molar-refractivity contribution in [3.05, 3.63) is 23.7 Å². The van der Waals surface area contributed by atoms with Crippen molar-refractivity contribution < 1.29 is 4.79 Å². The predicted octanol–water partition coefficient (Wildman–Crippen LogP) is 0.640. The second-order valence-electron chi connectivity index (χ2n) is 4.27. The SMILES string of the molecule is Cn1nccc1/C=C1/NC(=S)N(C2CC2)C1=O. The van der Waals surface area contributed by atoms with E-state index in [0.29, 0.717) is 16.9 Å². The van der Waals surface area contributed by atoms with Crippen molar-refractivity contribution in [3.63, 3.8) is 0 Å². The summed E-state index contributed by atoms with van der Waals surface area (Å²) in [4.78, 5) is 13.8. The Labute approximate surface area is 104 Å². The molecular weight excluding hydrogens is 236 g/mol. The van der Waals surface area contributed by atoms with Crippen molar-refractivity contribution in [1.29, 1.82) is 0 Å². The topological polar surface area (TPSA) is 50.2 Å². The first-order chi connectivity index (χ1) is 8.16. The minimum absolute atomic E-state index is 0.0290. The average molecular weight is 248 g/mol. The molecule has 2 fully saturated rings. The molecule has 0 radical (unpaired) electrons. The van der Waals surface area contributed by atoms with Crippen molar-refractivity contribution in [3.8, 4) is 0 Å². The summed E-state index contributed by atoms with van der Waals surface area (Å²) in [6.07, 6.45) is 5.58. The molecular formula is C11H12N4OS. The number of rotatable bonds is 2. The van der Waals surface area contributed by atoms with E-state index in [0.717, 1.165) is 18.5 Å². The Balaban J connectivity index is 1.90. The highest BCUT2D eigenvalue weighted by Gasteiger charge is 2.41. The number of aromatic nitrogens is 2. The zero-order chi connectivity index (χ0) is 12.0. The van der Waals surface area contributed by atoms with Crippen molar-refractivity contribution in [2.24, 2.45) is 7.05 Å². The summed E-state index contributed by atoms with van der Waals surface area (Å²) >= 11 is 5.17. The third kappa shape index (κ3) is 1.74. The molecule has 2 heterocycles. The average Bonchev–Trinajstić information content (AvgIpc) is 2.97. The summed E-state index contributed by atoms with van der Waals surface area (Å²) in [5, 5.41) is 7.54. The van der Waals surface area contributed by atoms with Crippen molar-refractivity contribution in [2.75, 3.05) is 0 Å². The number of carbonyl (C=O) groups excluding carboxylic acids is 1. The Morgan fingerprint density at radius 1 is 1.59 bits per heavy atom. The van der Waals surface area contributed by atoms with E-state index in [-0.39, 0.29) is 5.91 Å². The summed E-state index contributed by atoms with van der Waals surface area (Å²) in [6, 6.07) is 2.16. The van der Waals surface area contributed by atoms with E-state index in [1.54, 1.807) is 21.9 Å². The number of thiocarbonyl (C=S) groups is 1. The summed E-state index contributed by atoms with van der Waals surface area (Å²) in [5.41, 5.74) is 1.41. The molecule has 1 aromatic rings. The minimum Gasteiger partial charge on any atom is -0.328 e. The molecule has 0 aromatic carbocycles. The lowest BCUT2D eigenvalue weighted by molar-refractivity contribution is -0.122. The van der Waals surface area contributed by atoms with Crippen LogP contribution in [0.5, 0.6) is 0 Å². The highest BCUT2D eigenvalue weighted by molar-refractivity contribution is 7.80. The second-order valence-corrected chi connectivity index (χ2v) is 4.66. The molecule has 5 nitrogen and oxygen atoms in total. The van der Waals surface area contributed by atoms with E-state index in [2.05, 4.69) is 10.4 Å². The van der Waals surface area contributed by atoms with Crippen LogP contribution in [0.1, 0.15) is 18.5 Å². The molecule has 1 saturated carbocycles. The molecule has 3 rings (SSSR count). The normalized spacial score (nSPS) is 22.4. The maximum Gasteiger partial charge on any atom is 0.276 e. The first kappa shape index (κ1) is 10.5. The number of hydrogen-bond donors (Lipinski definition) is 1. The molecule has 0 spiro atoms. The van der Waals surface area contributed by atoms with Crippen molar-refractivity contribution in [1.82, 2.24) is 20.0 Å². The summed E-state index contributed by atoms with van der Waals surface area (Å²) < 4.78 is 1.71. The van der Waals surface area contributed by atoms with Gasteiger partial charge in [-0.2, -0.15) is 5.10 Å². The van der Waals surface area contributed by atoms with Gasteiger partial charge in [0.1, 0.15) is 5.70 Å². The predicted molar refractivity (Wildman–Crippen MR) is 66.8 cm³/mol. The number of carbonyl (C=O) groups is 1. The van der Waals surface area contributed by atoms with Crippen molar-refractivity contribution in [2.45, 2.75) is 18.9 Å². The van der Waals surface area contributed by atoms with Gasteiger partial charge >= 0.3 is 0 Å². The number of amides is 1. The van der Waals surface area contributed by atoms with Gasteiger partial charge in [0.2, 0.25) is 0 Å². The molecule has 6 heteroatoms. The number of nitrogens with zero attached hydrogens (tertiary/aromatic N) is 3. The standard InChI is InChI=1S/C11H12N4OS/c1-14-8(4-5-12-14)6-9-10(16)15(7-2-3-7)11(17)13-9/h4-7H,2-3H2,1H3,(H,13,17)/b9-6+. The smallest absolute Gasteiger partial charge is 0.276 e. The highest BCUT2D eigenvalue weighted by Crippen LogP contribution is 2.30. The Morgan fingerprint density at radius 3 is 2.94 bits per heavy atom. The molecule has 17 heavy (non-hydrogen) atoms. The molecule has 1 aromatic heterocycles. The van der Waals surface area contributed by atoms with E-state index >= 15 is 0 Å². The van der Waals surface area contributed by atoms with Crippen LogP contribution in [0.4, 0.5) is 0 Å². The summed E-state index contributed by atoms with van der Waals surface area (Å²) in [6.45, 7) is 0. The van der Waals surface area contributed by atoms with Gasteiger partial charge in [-0.1, -0.05) is 0 Å². The lowest BCUT2D eigenvalue weighted by Crippen LogP contribution is -2.32. The van der Waals surface area contributed by atoms with Crippen LogP contribution in [0, 0.1) is 0 Å². The van der Waals surface area contributed by atoms with E-state index in [1.165, 1.54) is 0 Å². The van der Waals surface area contributed by atoms with Crippen LogP contribution in [0.25, 0.3) is 6.08 Å². The van der Waals surface area contributed by atoms with Crippen LogP contribution >= 0.6 is 12.2 Å². The molecule has 0 unspecified atom stereocenters. The molecule has 1 aliphatic heterocycles. The lowest BCUT2D eigenvalue weighted by Gasteiger charge is -2.11. The van der Waals surface area contributed by atoms with Crippen molar-refractivity contribution >= 4 is 29.3 Å². The third-order valence-corrected chi connectivity index (χ3v) is 3.27. The van der Waals surface area contributed by atoms with Gasteiger partial charge in [-0.25, -0.2) is 0 Å². The summed E-state index contributed by atoms with van der Waals surface area (Å²) in [7, 11) is 1.84. The quantitative estimate of drug-likeness (QED) is 0.616. The molecule has 1 aliphatic carbocycles. The van der Waals surface area contributed by atoms with Gasteiger partial charge < -0.3 is 5.32 Å². The van der Waals surface area contributed by atoms with Gasteiger partial charge in [0.15, 0.2) is 5.11 Å². The van der Waals surface area contributed by atoms with Crippen LogP contribution in [0.15, 0.2) is 18.0 Å². The monoisotopic (exact) mass is 248 g/mol. The molecule has 88 valence electrons. The van der Waals surface area contributed by atoms with Crippen LogP contribution in [-0.4, -0.2) is 31.7 Å². The van der Waals surface area contributed by atoms with E-state index in [9.17, 15) is 4.79 Å². The molecule has 2 aliphatic rings. The fraction of sp³-hybridized carbons (Fsp3) is 0.364. The molecule has 0 atom stereocenters. The van der Waals surface area contributed by atoms with Gasteiger partial charge in [-0.15, -0.1) is 0 Å². The maximum absolute atomic E-state index is 12.1. The van der Waals surface area contributed by atoms with E-state index in [1.807, 2.05) is 13.1 Å². The fourth-order valence-corrected chi connectivity index (χ4v) is 2.23. The van der Waals surface area contributed by atoms with Gasteiger partial charge in [0.05, 0.1) is 5.69 Å². The number of aryl methyl sites for hydroxylation is 1. The van der Waals surface area contributed by atoms with Gasteiger partial charge in [0, 0.05) is 19.3 Å². The van der Waals surface area contributed by atoms with Crippen LogP contribution < -0.4 is 5.32 Å². The van der Waals surface area contributed by atoms with Gasteiger partial charge in [-0.3, -0.25) is 14.4 Å². The summed E-state index contributed by atoms with van der Waals surface area (Å²) in [5.74, 6) is -0.0290. The van der Waals surface area contributed by atoms with Crippen LogP contribution in [0.2, 0.25) is 0 Å². The first-order valence-electron chi connectivity index (χ1n) is 5.51. The zero-order valence-electron chi connectivity index (χ0n) is 9.38. The lowest BCUT2D eigenvalue weighted by atomic mass is 10.3. The molecule has 1 amide bonds. The van der Waals surface area contributed by atoms with Crippen LogP contribution in [0.3, 0.4) is 0 Å². The highest BCUT2D eigenvalue weighted by atomic mass is 32.1. The minimum atomic E-state index is -0.0290. The molecule has 1 N–H and O–H groups in total. The largest absolute Gasteiger partial charge is 0.328 e. The Morgan fingerprint density at radius 2 is 2.35 bits per heavy atom. The second kappa shape index (κ2) is 3.66.